The second-order valence-corrected chi connectivity index (χ2v) is 4.30. The summed E-state index contributed by atoms with van der Waals surface area (Å²) in [4.78, 5) is 33.5. The Kier molecular flexibility index (Phi) is 5.73. The molecule has 1 aromatic rings. The number of rotatable bonds is 6. The Hall–Kier alpha value is -2.17. The number of hydrogen-bond donors (Lipinski definition) is 2. The quantitative estimate of drug-likeness (QED) is 0.773. The Balaban J connectivity index is 2.54. The lowest BCUT2D eigenvalue weighted by atomic mass is 10.2. The van der Waals surface area contributed by atoms with Crippen LogP contribution in [0.3, 0.4) is 0 Å². The van der Waals surface area contributed by atoms with Crippen molar-refractivity contribution in [2.24, 2.45) is 0 Å². The Morgan fingerprint density at radius 3 is 1.84 bits per heavy atom. The number of Topliss-reactive ketones (excluding diaryl/α,β-unsaturated/α-hetero) is 1. The summed E-state index contributed by atoms with van der Waals surface area (Å²) in [6.07, 6.45) is 1.15. The number of ketones is 1. The van der Waals surface area contributed by atoms with Crippen molar-refractivity contribution >= 4 is 29.0 Å². The predicted molar refractivity (Wildman–Crippen MR) is 73.9 cm³/mol. The molecule has 0 fully saturated rings. The van der Waals surface area contributed by atoms with Crippen LogP contribution in [-0.2, 0) is 14.4 Å². The van der Waals surface area contributed by atoms with E-state index in [-0.39, 0.29) is 24.0 Å². The fraction of sp³-hybridized carbons (Fsp3) is 0.357. The summed E-state index contributed by atoms with van der Waals surface area (Å²) in [5.74, 6) is -0.549. The lowest BCUT2D eigenvalue weighted by Gasteiger charge is -2.07. The molecule has 0 aliphatic heterocycles. The van der Waals surface area contributed by atoms with Crippen molar-refractivity contribution in [3.8, 4) is 0 Å². The average Bonchev–Trinajstić information content (AvgIpc) is 2.31. The van der Waals surface area contributed by atoms with E-state index >= 15 is 0 Å². The molecule has 0 atom stereocenters. The van der Waals surface area contributed by atoms with Gasteiger partial charge in [0.25, 0.3) is 0 Å². The van der Waals surface area contributed by atoms with Crippen LogP contribution in [0.4, 0.5) is 11.4 Å². The molecule has 0 spiro atoms. The molecule has 5 heteroatoms. The number of carbonyl (C=O) groups excluding carboxylic acids is 3. The number of anilines is 2. The average molecular weight is 262 g/mol. The predicted octanol–water partition coefficient (Wildman–Crippen LogP) is 2.34. The van der Waals surface area contributed by atoms with Crippen LogP contribution in [-0.4, -0.2) is 17.6 Å². The highest BCUT2D eigenvalue weighted by atomic mass is 16.2. The van der Waals surface area contributed by atoms with E-state index < -0.39 is 0 Å². The van der Waals surface area contributed by atoms with E-state index in [4.69, 9.17) is 0 Å². The van der Waals surface area contributed by atoms with Crippen molar-refractivity contribution in [3.05, 3.63) is 24.3 Å². The van der Waals surface area contributed by atoms with Gasteiger partial charge in [-0.1, -0.05) is 6.92 Å². The zero-order valence-electron chi connectivity index (χ0n) is 11.2. The van der Waals surface area contributed by atoms with Crippen molar-refractivity contribution < 1.29 is 14.4 Å². The summed E-state index contributed by atoms with van der Waals surface area (Å²) >= 11 is 0. The van der Waals surface area contributed by atoms with Gasteiger partial charge in [0.15, 0.2) is 0 Å². The molecule has 2 N–H and O–H groups in total. The van der Waals surface area contributed by atoms with Crippen molar-refractivity contribution in [1.29, 1.82) is 0 Å². The van der Waals surface area contributed by atoms with Crippen molar-refractivity contribution in [2.75, 3.05) is 10.6 Å². The molecule has 102 valence electrons. The molecule has 0 saturated carbocycles. The van der Waals surface area contributed by atoms with Gasteiger partial charge in [0, 0.05) is 17.8 Å². The molecule has 0 unspecified atom stereocenters. The van der Waals surface area contributed by atoms with Crippen LogP contribution < -0.4 is 10.6 Å². The summed E-state index contributed by atoms with van der Waals surface area (Å²) in [6.45, 7) is 3.30. The topological polar surface area (TPSA) is 75.3 Å². The molecule has 5 nitrogen and oxygen atoms in total. The smallest absolute Gasteiger partial charge is 0.231 e. The highest BCUT2D eigenvalue weighted by Crippen LogP contribution is 2.14. The van der Waals surface area contributed by atoms with E-state index in [2.05, 4.69) is 10.6 Å². The van der Waals surface area contributed by atoms with Gasteiger partial charge >= 0.3 is 0 Å². The lowest BCUT2D eigenvalue weighted by Crippen LogP contribution is -2.15. The molecule has 0 aliphatic rings. The maximum atomic E-state index is 11.4. The fourth-order valence-corrected chi connectivity index (χ4v) is 1.52. The van der Waals surface area contributed by atoms with E-state index in [0.717, 1.165) is 6.42 Å². The highest BCUT2D eigenvalue weighted by Gasteiger charge is 2.05. The van der Waals surface area contributed by atoms with E-state index in [1.807, 2.05) is 6.92 Å². The van der Waals surface area contributed by atoms with E-state index in [9.17, 15) is 14.4 Å². The summed E-state index contributed by atoms with van der Waals surface area (Å²) in [7, 11) is 0. The Bertz CT molecular complexity index is 466. The second kappa shape index (κ2) is 7.31. The maximum absolute atomic E-state index is 11.4. The SMILES string of the molecule is CCCC(=O)Nc1ccc(NC(=O)CC(C)=O)cc1. The fourth-order valence-electron chi connectivity index (χ4n) is 1.52. The third-order valence-corrected chi connectivity index (χ3v) is 2.34. The van der Waals surface area contributed by atoms with Crippen molar-refractivity contribution in [1.82, 2.24) is 0 Å². The van der Waals surface area contributed by atoms with Crippen molar-refractivity contribution in [2.45, 2.75) is 33.1 Å². The minimum atomic E-state index is -0.338. The van der Waals surface area contributed by atoms with Crippen molar-refractivity contribution in [3.63, 3.8) is 0 Å². The number of hydrogen-bond acceptors (Lipinski definition) is 3. The zero-order valence-corrected chi connectivity index (χ0v) is 11.2. The molecule has 0 bridgehead atoms. The summed E-state index contributed by atoms with van der Waals surface area (Å²) in [5.41, 5.74) is 1.28. The number of carbonyl (C=O) groups is 3. The molecular weight excluding hydrogens is 244 g/mol. The van der Waals surface area contributed by atoms with E-state index in [1.54, 1.807) is 24.3 Å². The first kappa shape index (κ1) is 14.9. The third-order valence-electron chi connectivity index (χ3n) is 2.34. The number of benzene rings is 1. The molecule has 0 aliphatic carbocycles. The largest absolute Gasteiger partial charge is 0.326 e. The van der Waals surface area contributed by atoms with Crippen LogP contribution in [0.1, 0.15) is 33.1 Å². The van der Waals surface area contributed by atoms with Crippen LogP contribution in [0.5, 0.6) is 0 Å². The Morgan fingerprint density at radius 1 is 0.947 bits per heavy atom. The van der Waals surface area contributed by atoms with Crippen LogP contribution in [0.25, 0.3) is 0 Å². The van der Waals surface area contributed by atoms with E-state index in [1.165, 1.54) is 6.92 Å². The molecule has 0 saturated heterocycles. The number of amides is 2. The number of nitrogens with one attached hydrogen (secondary N) is 2. The summed E-state index contributed by atoms with van der Waals surface area (Å²) in [6, 6.07) is 6.77. The van der Waals surface area contributed by atoms with Gasteiger partial charge in [-0.2, -0.15) is 0 Å². The molecule has 1 rings (SSSR count). The Labute approximate surface area is 112 Å². The first-order valence-corrected chi connectivity index (χ1v) is 6.20. The summed E-state index contributed by atoms with van der Waals surface area (Å²) in [5, 5.41) is 5.36. The van der Waals surface area contributed by atoms with Gasteiger partial charge in [0.1, 0.15) is 5.78 Å². The lowest BCUT2D eigenvalue weighted by molar-refractivity contribution is -0.124. The minimum absolute atomic E-state index is 0.0316. The molecule has 0 radical (unpaired) electrons. The molecule has 1 aromatic carbocycles. The van der Waals surface area contributed by atoms with Gasteiger partial charge in [0.2, 0.25) is 11.8 Å². The molecular formula is C14H18N2O3. The van der Waals surface area contributed by atoms with Crippen LogP contribution in [0.15, 0.2) is 24.3 Å². The van der Waals surface area contributed by atoms with Crippen LogP contribution in [0, 0.1) is 0 Å². The highest BCUT2D eigenvalue weighted by molar-refractivity contribution is 6.03. The maximum Gasteiger partial charge on any atom is 0.231 e. The van der Waals surface area contributed by atoms with Gasteiger partial charge < -0.3 is 10.6 Å². The molecule has 19 heavy (non-hydrogen) atoms. The Morgan fingerprint density at radius 2 is 1.42 bits per heavy atom. The van der Waals surface area contributed by atoms with E-state index in [0.29, 0.717) is 17.8 Å². The molecule has 2 amide bonds. The minimum Gasteiger partial charge on any atom is -0.326 e. The molecule has 0 aromatic heterocycles. The third kappa shape index (κ3) is 5.81. The first-order valence-electron chi connectivity index (χ1n) is 6.20. The summed E-state index contributed by atoms with van der Waals surface area (Å²) < 4.78 is 0. The monoisotopic (exact) mass is 262 g/mol. The van der Waals surface area contributed by atoms with Gasteiger partial charge in [-0.05, 0) is 37.6 Å². The standard InChI is InChI=1S/C14H18N2O3/c1-3-4-13(18)15-11-5-7-12(8-6-11)16-14(19)9-10(2)17/h5-8H,3-4,9H2,1-2H3,(H,15,18)(H,16,19). The van der Waals surface area contributed by atoms with Gasteiger partial charge in [-0.3, -0.25) is 14.4 Å². The normalized spacial score (nSPS) is 9.79. The second-order valence-electron chi connectivity index (χ2n) is 4.30. The molecule has 0 heterocycles. The van der Waals surface area contributed by atoms with Crippen LogP contribution >= 0.6 is 0 Å². The first-order chi connectivity index (χ1) is 9.01. The van der Waals surface area contributed by atoms with Crippen LogP contribution in [0.2, 0.25) is 0 Å². The van der Waals surface area contributed by atoms with Gasteiger partial charge in [-0.15, -0.1) is 0 Å². The van der Waals surface area contributed by atoms with Gasteiger partial charge in [0.05, 0.1) is 6.42 Å². The zero-order chi connectivity index (χ0) is 14.3. The van der Waals surface area contributed by atoms with Gasteiger partial charge in [-0.25, -0.2) is 0 Å².